The fourth-order valence-corrected chi connectivity index (χ4v) is 2.31. The molecular weight excluding hydrogens is 208 g/mol. The van der Waals surface area contributed by atoms with Crippen molar-refractivity contribution in [2.24, 2.45) is 0 Å². The van der Waals surface area contributed by atoms with E-state index in [2.05, 4.69) is 0 Å². The Morgan fingerprint density at radius 1 is 1.27 bits per heavy atom. The van der Waals surface area contributed by atoms with Crippen molar-refractivity contribution in [3.05, 3.63) is 40.8 Å². The SMILES string of the molecule is CC1(C)OC(=O)S/C1=C\c1ccccc1. The van der Waals surface area contributed by atoms with E-state index in [-0.39, 0.29) is 5.30 Å². The third kappa shape index (κ3) is 2.23. The zero-order valence-corrected chi connectivity index (χ0v) is 9.51. The molecule has 15 heavy (non-hydrogen) atoms. The van der Waals surface area contributed by atoms with Crippen LogP contribution in [0.2, 0.25) is 0 Å². The molecule has 1 aromatic rings. The van der Waals surface area contributed by atoms with E-state index in [4.69, 9.17) is 4.74 Å². The molecule has 0 unspecified atom stereocenters. The highest BCUT2D eigenvalue weighted by atomic mass is 32.2. The minimum Gasteiger partial charge on any atom is -0.446 e. The van der Waals surface area contributed by atoms with Gasteiger partial charge in [-0.3, -0.25) is 0 Å². The minimum atomic E-state index is -0.489. The summed E-state index contributed by atoms with van der Waals surface area (Å²) in [6, 6.07) is 9.93. The molecule has 1 aliphatic rings. The first-order valence-electron chi connectivity index (χ1n) is 4.76. The molecule has 2 rings (SSSR count). The van der Waals surface area contributed by atoms with E-state index in [0.717, 1.165) is 10.5 Å². The number of hydrogen-bond donors (Lipinski definition) is 0. The lowest BCUT2D eigenvalue weighted by molar-refractivity contribution is 0.101. The van der Waals surface area contributed by atoms with Crippen molar-refractivity contribution < 1.29 is 9.53 Å². The average molecular weight is 220 g/mol. The average Bonchev–Trinajstić information content (AvgIpc) is 2.41. The maximum atomic E-state index is 11.2. The van der Waals surface area contributed by atoms with Crippen molar-refractivity contribution in [3.63, 3.8) is 0 Å². The zero-order chi connectivity index (χ0) is 10.9. The number of hydrogen-bond acceptors (Lipinski definition) is 3. The Morgan fingerprint density at radius 2 is 1.93 bits per heavy atom. The van der Waals surface area contributed by atoms with Crippen LogP contribution in [0.1, 0.15) is 19.4 Å². The summed E-state index contributed by atoms with van der Waals surface area (Å²) in [6.45, 7) is 3.80. The van der Waals surface area contributed by atoms with Crippen molar-refractivity contribution in [1.29, 1.82) is 0 Å². The summed E-state index contributed by atoms with van der Waals surface area (Å²) < 4.78 is 5.19. The van der Waals surface area contributed by atoms with Gasteiger partial charge in [-0.05, 0) is 37.2 Å². The van der Waals surface area contributed by atoms with Crippen LogP contribution in [0.4, 0.5) is 4.79 Å². The lowest BCUT2D eigenvalue weighted by atomic mass is 10.1. The van der Waals surface area contributed by atoms with Crippen LogP contribution in [-0.4, -0.2) is 10.9 Å². The summed E-state index contributed by atoms with van der Waals surface area (Å²) in [7, 11) is 0. The molecule has 0 bridgehead atoms. The second-order valence-corrected chi connectivity index (χ2v) is 4.86. The van der Waals surface area contributed by atoms with Crippen molar-refractivity contribution in [3.8, 4) is 0 Å². The number of ether oxygens (including phenoxy) is 1. The highest BCUT2D eigenvalue weighted by Gasteiger charge is 2.37. The predicted octanol–water partition coefficient (Wildman–Crippen LogP) is 3.69. The van der Waals surface area contributed by atoms with Gasteiger partial charge in [0.15, 0.2) is 0 Å². The summed E-state index contributed by atoms with van der Waals surface area (Å²) >= 11 is 1.17. The lowest BCUT2D eigenvalue weighted by Crippen LogP contribution is -2.19. The van der Waals surface area contributed by atoms with Gasteiger partial charge < -0.3 is 4.74 Å². The van der Waals surface area contributed by atoms with E-state index in [0.29, 0.717) is 0 Å². The van der Waals surface area contributed by atoms with E-state index in [9.17, 15) is 4.79 Å². The molecule has 78 valence electrons. The number of rotatable bonds is 1. The van der Waals surface area contributed by atoms with Crippen LogP contribution in [0, 0.1) is 0 Å². The van der Waals surface area contributed by atoms with Crippen molar-refractivity contribution in [1.82, 2.24) is 0 Å². The maximum absolute atomic E-state index is 11.2. The van der Waals surface area contributed by atoms with E-state index >= 15 is 0 Å². The van der Waals surface area contributed by atoms with Gasteiger partial charge in [-0.1, -0.05) is 30.3 Å². The van der Waals surface area contributed by atoms with E-state index in [1.807, 2.05) is 50.3 Å². The van der Waals surface area contributed by atoms with Gasteiger partial charge in [0.2, 0.25) is 0 Å². The van der Waals surface area contributed by atoms with E-state index < -0.39 is 5.60 Å². The van der Waals surface area contributed by atoms with Gasteiger partial charge in [-0.2, -0.15) is 0 Å². The second kappa shape index (κ2) is 3.74. The number of cyclic esters (lactones) is 1. The molecular formula is C12H12O2S. The Hall–Kier alpha value is -1.22. The topological polar surface area (TPSA) is 26.3 Å². The monoisotopic (exact) mass is 220 g/mol. The van der Waals surface area contributed by atoms with E-state index in [1.54, 1.807) is 0 Å². The van der Waals surface area contributed by atoms with E-state index in [1.165, 1.54) is 11.8 Å². The van der Waals surface area contributed by atoms with Crippen molar-refractivity contribution in [2.45, 2.75) is 19.4 Å². The quantitative estimate of drug-likeness (QED) is 0.675. The number of carbonyl (C=O) groups is 1. The van der Waals surface area contributed by atoms with Gasteiger partial charge in [0.25, 0.3) is 0 Å². The molecule has 0 aliphatic carbocycles. The molecule has 0 radical (unpaired) electrons. The van der Waals surface area contributed by atoms with Crippen LogP contribution in [0.15, 0.2) is 35.2 Å². The number of thioether (sulfide) groups is 1. The molecule has 3 heteroatoms. The predicted molar refractivity (Wildman–Crippen MR) is 62.6 cm³/mol. The molecule has 1 fully saturated rings. The van der Waals surface area contributed by atoms with Crippen LogP contribution in [-0.2, 0) is 4.74 Å². The largest absolute Gasteiger partial charge is 0.446 e. The van der Waals surface area contributed by atoms with Crippen LogP contribution in [0.25, 0.3) is 6.08 Å². The summed E-state index contributed by atoms with van der Waals surface area (Å²) in [5, 5.41) is -0.220. The molecule has 2 nitrogen and oxygen atoms in total. The first-order valence-corrected chi connectivity index (χ1v) is 5.58. The molecule has 0 N–H and O–H groups in total. The number of benzene rings is 1. The smallest absolute Gasteiger partial charge is 0.372 e. The molecule has 0 spiro atoms. The molecule has 0 aromatic heterocycles. The molecule has 0 amide bonds. The van der Waals surface area contributed by atoms with Gasteiger partial charge in [0.05, 0.1) is 0 Å². The minimum absolute atomic E-state index is 0.220. The summed E-state index contributed by atoms with van der Waals surface area (Å²) in [4.78, 5) is 12.1. The Labute approximate surface area is 93.3 Å². The van der Waals surface area contributed by atoms with Gasteiger partial charge >= 0.3 is 5.30 Å². The van der Waals surface area contributed by atoms with Gasteiger partial charge in [0, 0.05) is 4.91 Å². The fraction of sp³-hybridized carbons (Fsp3) is 0.250. The standard InChI is InChI=1S/C12H12O2S/c1-12(2)10(15-11(13)14-12)8-9-6-4-3-5-7-9/h3-8H,1-2H3/b10-8-. The van der Waals surface area contributed by atoms with Gasteiger partial charge in [-0.15, -0.1) is 0 Å². The summed E-state index contributed by atoms with van der Waals surface area (Å²) in [5.74, 6) is 0. The maximum Gasteiger partial charge on any atom is 0.372 e. The molecule has 1 aliphatic heterocycles. The Bertz CT molecular complexity index is 407. The lowest BCUT2D eigenvalue weighted by Gasteiger charge is -2.16. The molecule has 0 saturated carbocycles. The number of carbonyl (C=O) groups excluding carboxylic acids is 1. The van der Waals surface area contributed by atoms with Gasteiger partial charge in [-0.25, -0.2) is 4.79 Å². The van der Waals surface area contributed by atoms with Crippen LogP contribution in [0.5, 0.6) is 0 Å². The summed E-state index contributed by atoms with van der Waals surface area (Å²) in [5.41, 5.74) is 0.601. The third-order valence-electron chi connectivity index (χ3n) is 2.22. The highest BCUT2D eigenvalue weighted by Crippen LogP contribution is 2.41. The fourth-order valence-electron chi connectivity index (χ4n) is 1.40. The molecule has 0 atom stereocenters. The van der Waals surface area contributed by atoms with Crippen LogP contribution >= 0.6 is 11.8 Å². The van der Waals surface area contributed by atoms with Gasteiger partial charge in [0.1, 0.15) is 5.60 Å². The van der Waals surface area contributed by atoms with Crippen LogP contribution < -0.4 is 0 Å². The molecule has 1 heterocycles. The Morgan fingerprint density at radius 3 is 2.47 bits per heavy atom. The zero-order valence-electron chi connectivity index (χ0n) is 8.69. The first-order chi connectivity index (χ1) is 7.08. The molecule has 1 aromatic carbocycles. The second-order valence-electron chi connectivity index (χ2n) is 3.88. The Balaban J connectivity index is 2.32. The summed E-state index contributed by atoms with van der Waals surface area (Å²) in [6.07, 6.45) is 2.00. The van der Waals surface area contributed by atoms with Crippen molar-refractivity contribution >= 4 is 23.1 Å². The highest BCUT2D eigenvalue weighted by molar-refractivity contribution is 8.17. The van der Waals surface area contributed by atoms with Crippen LogP contribution in [0.3, 0.4) is 0 Å². The Kier molecular flexibility index (Phi) is 2.57. The normalized spacial score (nSPS) is 21.7. The third-order valence-corrected chi connectivity index (χ3v) is 3.30. The molecule has 1 saturated heterocycles. The first kappa shape index (κ1) is 10.3. The van der Waals surface area contributed by atoms with Crippen molar-refractivity contribution in [2.75, 3.05) is 0 Å².